The number of nitro groups is 1. The number of benzene rings is 1. The summed E-state index contributed by atoms with van der Waals surface area (Å²) in [6.45, 7) is 3.82. The van der Waals surface area contributed by atoms with Crippen molar-refractivity contribution in [3.05, 3.63) is 39.9 Å². The van der Waals surface area contributed by atoms with Gasteiger partial charge in [0.05, 0.1) is 16.4 Å². The molecule has 1 aromatic rings. The molecule has 0 aromatic heterocycles. The molecule has 5 heteroatoms. The lowest BCUT2D eigenvalue weighted by Crippen LogP contribution is -2.30. The van der Waals surface area contributed by atoms with Crippen molar-refractivity contribution in [1.29, 1.82) is 5.26 Å². The second-order valence-corrected chi connectivity index (χ2v) is 4.75. The largest absolute Gasteiger partial charge is 0.303 e. The summed E-state index contributed by atoms with van der Waals surface area (Å²) in [5.74, 6) is 0.0129. The van der Waals surface area contributed by atoms with E-state index in [0.29, 0.717) is 12.8 Å². The average Bonchev–Trinajstić information content (AvgIpc) is 2.40. The van der Waals surface area contributed by atoms with Gasteiger partial charge in [0.25, 0.3) is 5.69 Å². The quantitative estimate of drug-likeness (QED) is 0.447. The van der Waals surface area contributed by atoms with Gasteiger partial charge in [-0.05, 0) is 17.9 Å². The maximum absolute atomic E-state index is 10.6. The first-order chi connectivity index (χ1) is 8.97. The Labute approximate surface area is 112 Å². The number of carbonyl (C=O) groups excluding carboxylic acids is 1. The minimum absolute atomic E-state index is 0.00488. The van der Waals surface area contributed by atoms with Crippen molar-refractivity contribution >= 4 is 12.0 Å². The Hall–Kier alpha value is -2.22. The van der Waals surface area contributed by atoms with Crippen LogP contribution in [0.1, 0.15) is 32.3 Å². The van der Waals surface area contributed by atoms with Gasteiger partial charge in [-0.3, -0.25) is 10.1 Å². The van der Waals surface area contributed by atoms with E-state index in [4.69, 9.17) is 0 Å². The Morgan fingerprint density at radius 2 is 2.00 bits per heavy atom. The predicted octanol–water partition coefficient (Wildman–Crippen LogP) is 2.99. The van der Waals surface area contributed by atoms with E-state index in [1.165, 1.54) is 12.1 Å². The van der Waals surface area contributed by atoms with E-state index in [-0.39, 0.29) is 11.6 Å². The van der Waals surface area contributed by atoms with Gasteiger partial charge in [0.2, 0.25) is 0 Å². The minimum Gasteiger partial charge on any atom is -0.303 e. The average molecular weight is 260 g/mol. The van der Waals surface area contributed by atoms with Crippen LogP contribution in [-0.2, 0) is 10.2 Å². The van der Waals surface area contributed by atoms with E-state index < -0.39 is 10.3 Å². The van der Waals surface area contributed by atoms with Gasteiger partial charge >= 0.3 is 0 Å². The Balaban J connectivity index is 3.21. The molecule has 100 valence electrons. The Kier molecular flexibility index (Phi) is 4.76. The number of non-ortho nitro benzene ring substituents is 1. The normalized spacial score (nSPS) is 13.6. The first kappa shape index (κ1) is 14.8. The van der Waals surface area contributed by atoms with Crippen LogP contribution in [0.25, 0.3) is 0 Å². The lowest BCUT2D eigenvalue weighted by Gasteiger charge is -2.30. The van der Waals surface area contributed by atoms with Crippen molar-refractivity contribution in [2.45, 2.75) is 32.1 Å². The van der Waals surface area contributed by atoms with Crippen LogP contribution in [0.15, 0.2) is 24.3 Å². The van der Waals surface area contributed by atoms with Crippen LogP contribution in [-0.4, -0.2) is 11.2 Å². The molecule has 0 saturated heterocycles. The molecule has 0 aliphatic rings. The zero-order valence-electron chi connectivity index (χ0n) is 11.0. The van der Waals surface area contributed by atoms with Crippen LogP contribution < -0.4 is 0 Å². The van der Waals surface area contributed by atoms with Gasteiger partial charge < -0.3 is 4.79 Å². The van der Waals surface area contributed by atoms with Gasteiger partial charge in [-0.1, -0.05) is 26.0 Å². The molecule has 0 aliphatic carbocycles. The summed E-state index contributed by atoms with van der Waals surface area (Å²) in [7, 11) is 0. The highest BCUT2D eigenvalue weighted by molar-refractivity contribution is 5.51. The SMILES string of the molecule is CC(C)C(C#N)(CCC=O)c1ccc([N+](=O)[O-])cc1. The number of nitrogens with zero attached hydrogens (tertiary/aromatic N) is 2. The minimum atomic E-state index is -0.782. The molecular formula is C14H16N2O3. The zero-order valence-corrected chi connectivity index (χ0v) is 11.0. The van der Waals surface area contributed by atoms with Crippen molar-refractivity contribution in [2.75, 3.05) is 0 Å². The molecule has 5 nitrogen and oxygen atoms in total. The lowest BCUT2D eigenvalue weighted by molar-refractivity contribution is -0.384. The highest BCUT2D eigenvalue weighted by atomic mass is 16.6. The first-order valence-corrected chi connectivity index (χ1v) is 6.07. The molecule has 0 aliphatic heterocycles. The van der Waals surface area contributed by atoms with Crippen LogP contribution >= 0.6 is 0 Å². The van der Waals surface area contributed by atoms with E-state index in [1.807, 2.05) is 13.8 Å². The molecule has 1 aromatic carbocycles. The highest BCUT2D eigenvalue weighted by Crippen LogP contribution is 2.36. The maximum Gasteiger partial charge on any atom is 0.269 e. The summed E-state index contributed by atoms with van der Waals surface area (Å²) in [6, 6.07) is 8.28. The molecule has 0 heterocycles. The molecule has 0 spiro atoms. The molecular weight excluding hydrogens is 244 g/mol. The molecule has 1 atom stereocenters. The molecule has 0 radical (unpaired) electrons. The number of nitriles is 1. The Bertz CT molecular complexity index is 502. The fourth-order valence-electron chi connectivity index (χ4n) is 2.18. The molecule has 19 heavy (non-hydrogen) atoms. The van der Waals surface area contributed by atoms with E-state index in [9.17, 15) is 20.2 Å². The van der Waals surface area contributed by atoms with Crippen LogP contribution in [0, 0.1) is 27.4 Å². The summed E-state index contributed by atoms with van der Waals surface area (Å²) in [5.41, 5.74) is -0.0667. The predicted molar refractivity (Wildman–Crippen MR) is 70.5 cm³/mol. The van der Waals surface area contributed by atoms with Crippen molar-refractivity contribution in [2.24, 2.45) is 5.92 Å². The number of hydrogen-bond acceptors (Lipinski definition) is 4. The fourth-order valence-corrected chi connectivity index (χ4v) is 2.18. The third-order valence-electron chi connectivity index (χ3n) is 3.43. The zero-order chi connectivity index (χ0) is 14.5. The second kappa shape index (κ2) is 6.10. The molecule has 0 fully saturated rings. The topological polar surface area (TPSA) is 84.0 Å². The molecule has 0 saturated carbocycles. The summed E-state index contributed by atoms with van der Waals surface area (Å²) in [6.07, 6.45) is 1.51. The van der Waals surface area contributed by atoms with E-state index in [2.05, 4.69) is 6.07 Å². The highest BCUT2D eigenvalue weighted by Gasteiger charge is 2.35. The van der Waals surface area contributed by atoms with E-state index in [0.717, 1.165) is 11.8 Å². The molecule has 0 N–H and O–H groups in total. The molecule has 0 amide bonds. The summed E-state index contributed by atoms with van der Waals surface area (Å²) in [5, 5.41) is 20.1. The monoisotopic (exact) mass is 260 g/mol. The van der Waals surface area contributed by atoms with Crippen molar-refractivity contribution < 1.29 is 9.72 Å². The standard InChI is InChI=1S/C14H16N2O3/c1-11(2)14(10-15,8-3-9-17)12-4-6-13(7-5-12)16(18)19/h4-7,9,11H,3,8H2,1-2H3. The van der Waals surface area contributed by atoms with Gasteiger partial charge in [0.15, 0.2) is 0 Å². The molecule has 1 rings (SSSR count). The van der Waals surface area contributed by atoms with Crippen molar-refractivity contribution in [3.8, 4) is 6.07 Å². The first-order valence-electron chi connectivity index (χ1n) is 6.07. The van der Waals surface area contributed by atoms with Gasteiger partial charge in [-0.25, -0.2) is 0 Å². The van der Waals surface area contributed by atoms with Gasteiger partial charge in [0, 0.05) is 18.6 Å². The van der Waals surface area contributed by atoms with Crippen molar-refractivity contribution in [1.82, 2.24) is 0 Å². The van der Waals surface area contributed by atoms with Crippen molar-refractivity contribution in [3.63, 3.8) is 0 Å². The van der Waals surface area contributed by atoms with Gasteiger partial charge in [0.1, 0.15) is 6.29 Å². The summed E-state index contributed by atoms with van der Waals surface area (Å²) in [4.78, 5) is 20.7. The maximum atomic E-state index is 10.6. The lowest BCUT2D eigenvalue weighted by atomic mass is 9.70. The number of aldehydes is 1. The number of hydrogen-bond donors (Lipinski definition) is 0. The molecule has 1 unspecified atom stereocenters. The third-order valence-corrected chi connectivity index (χ3v) is 3.43. The smallest absolute Gasteiger partial charge is 0.269 e. The van der Waals surface area contributed by atoms with Crippen LogP contribution in [0.4, 0.5) is 5.69 Å². The Morgan fingerprint density at radius 1 is 1.42 bits per heavy atom. The van der Waals surface area contributed by atoms with Crippen LogP contribution in [0.2, 0.25) is 0 Å². The number of nitro benzene ring substituents is 1. The van der Waals surface area contributed by atoms with Crippen LogP contribution in [0.5, 0.6) is 0 Å². The fraction of sp³-hybridized carbons (Fsp3) is 0.429. The third kappa shape index (κ3) is 2.97. The Morgan fingerprint density at radius 3 is 2.37 bits per heavy atom. The van der Waals surface area contributed by atoms with E-state index >= 15 is 0 Å². The number of carbonyl (C=O) groups is 1. The van der Waals surface area contributed by atoms with Gasteiger partial charge in [-0.2, -0.15) is 5.26 Å². The van der Waals surface area contributed by atoms with Crippen LogP contribution in [0.3, 0.4) is 0 Å². The summed E-state index contributed by atoms with van der Waals surface area (Å²) < 4.78 is 0. The van der Waals surface area contributed by atoms with Gasteiger partial charge in [-0.15, -0.1) is 0 Å². The molecule has 0 bridgehead atoms. The summed E-state index contributed by atoms with van der Waals surface area (Å²) >= 11 is 0. The van der Waals surface area contributed by atoms with E-state index in [1.54, 1.807) is 12.1 Å². The second-order valence-electron chi connectivity index (χ2n) is 4.75. The number of rotatable bonds is 6.